The summed E-state index contributed by atoms with van der Waals surface area (Å²) in [5.41, 5.74) is 2.73. The molecule has 0 saturated heterocycles. The standard InChI is InChI=1S/C25H40N2O3/c1-8-10-13-25(9-2)17(5)22(26-7)14-19-11-12-20(15-21(19)25)30-24(29)23(16(3)4)27-18(6)28/h11-12,15-17,22-23,26H,8-10,13-14H2,1-7H3,(H,27,28)/t17-,22+,23?,25-/m1/s1. The molecule has 1 unspecified atom stereocenters. The molecule has 1 amide bonds. The average molecular weight is 417 g/mol. The second-order valence-corrected chi connectivity index (χ2v) is 9.16. The van der Waals surface area contributed by atoms with Crippen LogP contribution in [0.3, 0.4) is 0 Å². The molecule has 0 saturated carbocycles. The summed E-state index contributed by atoms with van der Waals surface area (Å²) < 4.78 is 5.77. The summed E-state index contributed by atoms with van der Waals surface area (Å²) in [6, 6.07) is 5.88. The zero-order valence-electron chi connectivity index (χ0n) is 19.8. The Labute approximate surface area is 182 Å². The van der Waals surface area contributed by atoms with Crippen molar-refractivity contribution in [3.05, 3.63) is 29.3 Å². The van der Waals surface area contributed by atoms with Crippen LogP contribution in [0.2, 0.25) is 0 Å². The van der Waals surface area contributed by atoms with E-state index in [2.05, 4.69) is 50.6 Å². The third kappa shape index (κ3) is 5.05. The first-order valence-corrected chi connectivity index (χ1v) is 11.5. The predicted molar refractivity (Wildman–Crippen MR) is 122 cm³/mol. The van der Waals surface area contributed by atoms with Crippen LogP contribution in [0.1, 0.15) is 78.4 Å². The molecule has 168 valence electrons. The van der Waals surface area contributed by atoms with Gasteiger partial charge in [-0.05, 0) is 66.8 Å². The molecule has 0 fully saturated rings. The highest BCUT2D eigenvalue weighted by atomic mass is 16.5. The van der Waals surface area contributed by atoms with Crippen molar-refractivity contribution < 1.29 is 14.3 Å². The number of fused-ring (bicyclic) bond motifs is 1. The minimum absolute atomic E-state index is 0.0466. The van der Waals surface area contributed by atoms with Crippen molar-refractivity contribution in [3.63, 3.8) is 0 Å². The molecule has 1 aliphatic rings. The van der Waals surface area contributed by atoms with Gasteiger partial charge in [0.2, 0.25) is 5.91 Å². The second-order valence-electron chi connectivity index (χ2n) is 9.16. The lowest BCUT2D eigenvalue weighted by Gasteiger charge is -2.48. The van der Waals surface area contributed by atoms with Crippen LogP contribution in [0.4, 0.5) is 0 Å². The van der Waals surface area contributed by atoms with E-state index in [9.17, 15) is 9.59 Å². The first kappa shape index (κ1) is 24.4. The van der Waals surface area contributed by atoms with Gasteiger partial charge in [-0.1, -0.05) is 53.5 Å². The van der Waals surface area contributed by atoms with Crippen molar-refractivity contribution in [1.29, 1.82) is 0 Å². The number of amides is 1. The van der Waals surface area contributed by atoms with Gasteiger partial charge in [0.1, 0.15) is 11.8 Å². The van der Waals surface area contributed by atoms with Gasteiger partial charge in [-0.25, -0.2) is 4.79 Å². The quantitative estimate of drug-likeness (QED) is 0.463. The van der Waals surface area contributed by atoms with Gasteiger partial charge in [-0.2, -0.15) is 0 Å². The molecule has 2 rings (SSSR count). The molecule has 0 spiro atoms. The molecular weight excluding hydrogens is 376 g/mol. The van der Waals surface area contributed by atoms with Crippen LogP contribution in [0.5, 0.6) is 5.75 Å². The molecule has 5 nitrogen and oxygen atoms in total. The lowest BCUT2D eigenvalue weighted by molar-refractivity contribution is -0.140. The van der Waals surface area contributed by atoms with E-state index in [1.165, 1.54) is 24.5 Å². The van der Waals surface area contributed by atoms with Crippen LogP contribution in [0.15, 0.2) is 18.2 Å². The maximum absolute atomic E-state index is 12.8. The number of benzene rings is 1. The number of hydrogen-bond acceptors (Lipinski definition) is 4. The van der Waals surface area contributed by atoms with E-state index in [0.717, 1.165) is 25.7 Å². The SMILES string of the molecule is CCCC[C@@]1(CC)c2cc(OC(=O)C(NC(C)=O)C(C)C)ccc2C[C@H](NC)[C@H]1C. The molecule has 1 aliphatic carbocycles. The average Bonchev–Trinajstić information content (AvgIpc) is 2.71. The summed E-state index contributed by atoms with van der Waals surface area (Å²) in [6.45, 7) is 12.1. The van der Waals surface area contributed by atoms with Crippen LogP contribution in [-0.2, 0) is 21.4 Å². The van der Waals surface area contributed by atoms with Gasteiger partial charge in [-0.15, -0.1) is 0 Å². The molecule has 1 aromatic carbocycles. The van der Waals surface area contributed by atoms with E-state index in [4.69, 9.17) is 4.74 Å². The first-order chi connectivity index (χ1) is 14.2. The monoisotopic (exact) mass is 416 g/mol. The summed E-state index contributed by atoms with van der Waals surface area (Å²) in [6.07, 6.45) is 5.50. The van der Waals surface area contributed by atoms with E-state index in [1.54, 1.807) is 0 Å². The Balaban J connectivity index is 2.41. The van der Waals surface area contributed by atoms with E-state index in [-0.39, 0.29) is 17.2 Å². The number of ether oxygens (including phenoxy) is 1. The van der Waals surface area contributed by atoms with Crippen molar-refractivity contribution in [2.45, 2.75) is 91.1 Å². The number of carbonyl (C=O) groups is 2. The summed E-state index contributed by atoms with van der Waals surface area (Å²) in [5, 5.41) is 6.24. The highest BCUT2D eigenvalue weighted by Crippen LogP contribution is 2.48. The Hall–Kier alpha value is -1.88. The van der Waals surface area contributed by atoms with Crippen LogP contribution in [0, 0.1) is 11.8 Å². The molecule has 0 aromatic heterocycles. The number of carbonyl (C=O) groups excluding carboxylic acids is 2. The highest BCUT2D eigenvalue weighted by Gasteiger charge is 2.44. The summed E-state index contributed by atoms with van der Waals surface area (Å²) in [5.74, 6) is 0.370. The number of likely N-dealkylation sites (N-methyl/N-ethyl adjacent to an activating group) is 1. The van der Waals surface area contributed by atoms with Crippen LogP contribution < -0.4 is 15.4 Å². The Bertz CT molecular complexity index is 746. The fraction of sp³-hybridized carbons (Fsp3) is 0.680. The highest BCUT2D eigenvalue weighted by molar-refractivity contribution is 5.84. The third-order valence-electron chi connectivity index (χ3n) is 7.01. The lowest BCUT2D eigenvalue weighted by Crippen LogP contribution is -2.50. The van der Waals surface area contributed by atoms with Crippen molar-refractivity contribution in [1.82, 2.24) is 10.6 Å². The molecule has 0 heterocycles. The van der Waals surface area contributed by atoms with Gasteiger partial charge in [0.15, 0.2) is 0 Å². The number of esters is 1. The zero-order chi connectivity index (χ0) is 22.5. The van der Waals surface area contributed by atoms with Gasteiger partial charge in [0.25, 0.3) is 0 Å². The maximum Gasteiger partial charge on any atom is 0.334 e. The molecular formula is C25H40N2O3. The zero-order valence-corrected chi connectivity index (χ0v) is 19.8. The van der Waals surface area contributed by atoms with Crippen molar-refractivity contribution in [2.24, 2.45) is 11.8 Å². The summed E-state index contributed by atoms with van der Waals surface area (Å²) in [4.78, 5) is 24.3. The maximum atomic E-state index is 12.8. The van der Waals surface area contributed by atoms with E-state index < -0.39 is 12.0 Å². The van der Waals surface area contributed by atoms with Gasteiger partial charge < -0.3 is 15.4 Å². The molecule has 0 bridgehead atoms. The van der Waals surface area contributed by atoms with Crippen molar-refractivity contribution in [3.8, 4) is 5.75 Å². The smallest absolute Gasteiger partial charge is 0.334 e. The molecule has 2 N–H and O–H groups in total. The molecule has 30 heavy (non-hydrogen) atoms. The summed E-state index contributed by atoms with van der Waals surface area (Å²) >= 11 is 0. The van der Waals surface area contributed by atoms with Gasteiger partial charge in [0.05, 0.1) is 0 Å². The fourth-order valence-corrected chi connectivity index (χ4v) is 5.10. The largest absolute Gasteiger partial charge is 0.425 e. The number of unbranched alkanes of at least 4 members (excludes halogenated alkanes) is 1. The molecule has 4 atom stereocenters. The Kier molecular flexibility index (Phi) is 8.48. The first-order valence-electron chi connectivity index (χ1n) is 11.5. The van der Waals surface area contributed by atoms with Crippen molar-refractivity contribution >= 4 is 11.9 Å². The topological polar surface area (TPSA) is 67.4 Å². The third-order valence-corrected chi connectivity index (χ3v) is 7.01. The minimum Gasteiger partial charge on any atom is -0.425 e. The molecule has 5 heteroatoms. The Morgan fingerprint density at radius 1 is 1.27 bits per heavy atom. The molecule has 0 radical (unpaired) electrons. The van der Waals surface area contributed by atoms with E-state index >= 15 is 0 Å². The van der Waals surface area contributed by atoms with E-state index in [1.807, 2.05) is 19.9 Å². The van der Waals surface area contributed by atoms with E-state index in [0.29, 0.717) is 17.7 Å². The van der Waals surface area contributed by atoms with Crippen molar-refractivity contribution in [2.75, 3.05) is 7.05 Å². The Morgan fingerprint density at radius 3 is 2.50 bits per heavy atom. The predicted octanol–water partition coefficient (Wildman–Crippen LogP) is 4.37. The Morgan fingerprint density at radius 2 is 1.97 bits per heavy atom. The van der Waals surface area contributed by atoms with Gasteiger partial charge >= 0.3 is 5.97 Å². The molecule has 1 aromatic rings. The fourth-order valence-electron chi connectivity index (χ4n) is 5.10. The minimum atomic E-state index is -0.651. The number of hydrogen-bond donors (Lipinski definition) is 2. The van der Waals surface area contributed by atoms with Gasteiger partial charge in [-0.3, -0.25) is 4.79 Å². The van der Waals surface area contributed by atoms with Crippen LogP contribution in [0.25, 0.3) is 0 Å². The lowest BCUT2D eigenvalue weighted by atomic mass is 9.58. The van der Waals surface area contributed by atoms with Gasteiger partial charge in [0, 0.05) is 13.0 Å². The van der Waals surface area contributed by atoms with Crippen LogP contribution >= 0.6 is 0 Å². The summed E-state index contributed by atoms with van der Waals surface area (Å²) in [7, 11) is 2.05. The normalized spacial score (nSPS) is 24.3. The number of nitrogens with one attached hydrogen (secondary N) is 2. The second kappa shape index (κ2) is 10.4. The molecule has 0 aliphatic heterocycles. The van der Waals surface area contributed by atoms with Crippen LogP contribution in [-0.4, -0.2) is 31.0 Å². The number of rotatable bonds is 9.